The summed E-state index contributed by atoms with van der Waals surface area (Å²) >= 11 is 0. The lowest BCUT2D eigenvalue weighted by molar-refractivity contribution is -0.144. The molecular formula is C70H102N4O10. The minimum atomic E-state index is -1.29. The van der Waals surface area contributed by atoms with E-state index in [4.69, 9.17) is 0 Å². The van der Waals surface area contributed by atoms with Crippen LogP contribution in [0.5, 0.6) is 0 Å². The van der Waals surface area contributed by atoms with Gasteiger partial charge in [-0.15, -0.1) is 0 Å². The molecule has 0 bridgehead atoms. The van der Waals surface area contributed by atoms with Crippen molar-refractivity contribution in [2.45, 2.75) is 240 Å². The van der Waals surface area contributed by atoms with E-state index in [2.05, 4.69) is 38.3 Å². The second-order valence-corrected chi connectivity index (χ2v) is 27.4. The van der Waals surface area contributed by atoms with Gasteiger partial charge in [-0.1, -0.05) is 205 Å². The lowest BCUT2D eigenvalue weighted by Crippen LogP contribution is -2.48. The summed E-state index contributed by atoms with van der Waals surface area (Å²) in [6, 6.07) is 18.1. The molecule has 1 unspecified atom stereocenters. The number of hydrogen-bond acceptors (Lipinski definition) is 10. The van der Waals surface area contributed by atoms with Crippen LogP contribution in [0.25, 0.3) is 0 Å². The molecule has 14 heteroatoms. The van der Waals surface area contributed by atoms with Crippen molar-refractivity contribution < 1.29 is 48.3 Å². The van der Waals surface area contributed by atoms with Crippen LogP contribution in [-0.4, -0.2) is 98.7 Å². The molecule has 11 atom stereocenters. The summed E-state index contributed by atoms with van der Waals surface area (Å²) < 4.78 is 0. The second kappa shape index (κ2) is 31.3. The number of aliphatic hydroxyl groups excluding tert-OH is 1. The molecule has 462 valence electrons. The van der Waals surface area contributed by atoms with Gasteiger partial charge >= 0.3 is 0 Å². The SMILES string of the molecule is C[C@H]1CCCCCCCCCC[C@@H](C(=O)C(=O)CCC(=O)NCc2ccccc2)CC(=O)[C@@H]2[C@@H]3[C@H](CN2C1=O)C3(C)C.C[C@H]1CCCCCCCCCC[C@@H](C(O)C(=O)CCC(=O)NCc2ccccc2)CC(=O)[C@@H]2[C@@H]3[C@H](CN2C1=O)C3(C)C. The minimum absolute atomic E-state index is 0.00152. The van der Waals surface area contributed by atoms with E-state index in [0.29, 0.717) is 50.9 Å². The Morgan fingerprint density at radius 2 is 0.893 bits per heavy atom. The maximum absolute atomic E-state index is 14.0. The zero-order valence-electron chi connectivity index (χ0n) is 51.9. The van der Waals surface area contributed by atoms with Gasteiger partial charge in [0.2, 0.25) is 29.4 Å². The summed E-state index contributed by atoms with van der Waals surface area (Å²) in [6.07, 6.45) is 18.4. The number of carbonyl (C=O) groups excluding carboxylic acids is 9. The highest BCUT2D eigenvalue weighted by atomic mass is 16.3. The summed E-state index contributed by atoms with van der Waals surface area (Å²) in [5.74, 6) is -2.49. The standard InChI is InChI=1S/C35H52N2O5.C35H50N2O5/c2*1-24-15-11-8-6-4-5-7-9-14-18-26(21-29(39)32-31-27(35(31,2)3)23-37(32)34(24)42)33(41)28(38)19-20-30(40)36-22-25-16-12-10-13-17-25/h10,12-13,16-17,24,26-27,31-33,41H,4-9,11,14-15,18-23H2,1-3H3,(H,36,40);10,12-13,16-17,24,26-27,31-32H,4-9,11,14-15,18-23H2,1-3H3,(H,36,40)/t24-,26+,27-,31-,32+,33?;24-,26+,27-,31-,32+/m00/s1. The van der Waals surface area contributed by atoms with Crippen LogP contribution in [-0.2, 0) is 56.2 Å². The molecule has 6 aliphatic rings. The van der Waals surface area contributed by atoms with E-state index in [1.165, 1.54) is 25.7 Å². The third-order valence-electron chi connectivity index (χ3n) is 20.6. The number of rotatable bonds is 14. The number of ketones is 5. The molecule has 2 aliphatic carbocycles. The zero-order chi connectivity index (χ0) is 60.6. The van der Waals surface area contributed by atoms with Crippen LogP contribution in [0.4, 0.5) is 0 Å². The Morgan fingerprint density at radius 1 is 0.512 bits per heavy atom. The Morgan fingerprint density at radius 3 is 1.33 bits per heavy atom. The number of amides is 4. The fourth-order valence-electron chi connectivity index (χ4n) is 14.8. The fourth-order valence-corrected chi connectivity index (χ4v) is 14.8. The number of nitrogens with one attached hydrogen (secondary N) is 2. The van der Waals surface area contributed by atoms with Crippen LogP contribution in [0.3, 0.4) is 0 Å². The molecule has 0 aromatic heterocycles. The van der Waals surface area contributed by atoms with Crippen molar-refractivity contribution in [3.05, 3.63) is 71.8 Å². The second-order valence-electron chi connectivity index (χ2n) is 27.4. The van der Waals surface area contributed by atoms with E-state index >= 15 is 0 Å². The molecule has 0 spiro atoms. The van der Waals surface area contributed by atoms with Gasteiger partial charge in [-0.3, -0.25) is 43.2 Å². The van der Waals surface area contributed by atoms with E-state index in [1.54, 1.807) is 0 Å². The van der Waals surface area contributed by atoms with E-state index in [1.807, 2.05) is 84.3 Å². The average molecular weight is 1160 g/mol. The number of benzene rings is 2. The summed E-state index contributed by atoms with van der Waals surface area (Å²) in [4.78, 5) is 123. The summed E-state index contributed by atoms with van der Waals surface area (Å²) in [7, 11) is 0. The van der Waals surface area contributed by atoms with E-state index < -0.39 is 41.6 Å². The van der Waals surface area contributed by atoms with Crippen LogP contribution in [0.1, 0.15) is 220 Å². The van der Waals surface area contributed by atoms with Crippen LogP contribution in [0, 0.1) is 58.2 Å². The van der Waals surface area contributed by atoms with E-state index in [-0.39, 0.29) is 114 Å². The van der Waals surface area contributed by atoms with Gasteiger partial charge in [0.05, 0.1) is 12.1 Å². The van der Waals surface area contributed by atoms with E-state index in [0.717, 1.165) is 101 Å². The van der Waals surface area contributed by atoms with Crippen LogP contribution in [0.2, 0.25) is 0 Å². The highest BCUT2D eigenvalue weighted by Gasteiger charge is 2.70. The Labute approximate surface area is 501 Å². The van der Waals surface area contributed by atoms with Gasteiger partial charge in [0, 0.05) is 82.5 Å². The molecule has 4 heterocycles. The average Bonchev–Trinajstić information content (AvgIpc) is 1.60. The van der Waals surface area contributed by atoms with Crippen LogP contribution < -0.4 is 10.6 Å². The lowest BCUT2D eigenvalue weighted by atomic mass is 9.84. The van der Waals surface area contributed by atoms with Gasteiger partial charge in [0.25, 0.3) is 0 Å². The number of nitrogens with zero attached hydrogens (tertiary/aromatic N) is 2. The molecule has 14 nitrogen and oxygen atoms in total. The van der Waals surface area contributed by atoms with Crippen molar-refractivity contribution in [3.8, 4) is 0 Å². The van der Waals surface area contributed by atoms with Gasteiger partial charge in [0.1, 0.15) is 6.10 Å². The van der Waals surface area contributed by atoms with Crippen molar-refractivity contribution >= 4 is 52.5 Å². The third kappa shape index (κ3) is 17.9. The number of hydrogen-bond donors (Lipinski definition) is 3. The van der Waals surface area contributed by atoms with Crippen molar-refractivity contribution in [3.63, 3.8) is 0 Å². The highest BCUT2D eigenvalue weighted by molar-refractivity contribution is 6.38. The molecule has 2 aromatic rings. The molecule has 8 rings (SSSR count). The monoisotopic (exact) mass is 1160 g/mol. The first kappa shape index (κ1) is 66.2. The van der Waals surface area contributed by atoms with Crippen molar-refractivity contribution in [2.75, 3.05) is 13.1 Å². The first-order chi connectivity index (χ1) is 40.2. The van der Waals surface area contributed by atoms with Gasteiger partial charge in [-0.25, -0.2) is 0 Å². The fraction of sp³-hybridized carbons (Fsp3) is 0.700. The first-order valence-electron chi connectivity index (χ1n) is 32.8. The predicted octanol–water partition coefficient (Wildman–Crippen LogP) is 11.5. The summed E-state index contributed by atoms with van der Waals surface area (Å²) in [5, 5.41) is 16.8. The zero-order valence-corrected chi connectivity index (χ0v) is 51.9. The van der Waals surface area contributed by atoms with Crippen molar-refractivity contribution in [2.24, 2.45) is 58.2 Å². The van der Waals surface area contributed by atoms with Crippen molar-refractivity contribution in [1.29, 1.82) is 0 Å². The van der Waals surface area contributed by atoms with Crippen LogP contribution >= 0.6 is 0 Å². The first-order valence-corrected chi connectivity index (χ1v) is 32.8. The highest BCUT2D eigenvalue weighted by Crippen LogP contribution is 2.66. The molecule has 6 fully saturated rings. The summed E-state index contributed by atoms with van der Waals surface area (Å²) in [5.41, 5.74) is 1.97. The molecule has 2 saturated carbocycles. The largest absolute Gasteiger partial charge is 0.385 e. The number of carbonyl (C=O) groups is 9. The molecule has 3 N–H and O–H groups in total. The number of piperidine rings is 2. The quantitative estimate of drug-likeness (QED) is 0.153. The molecule has 0 radical (unpaired) electrons. The Balaban J connectivity index is 0.000000241. The Kier molecular flexibility index (Phi) is 24.7. The predicted molar refractivity (Wildman–Crippen MR) is 325 cm³/mol. The smallest absolute Gasteiger partial charge is 0.226 e. The molecule has 84 heavy (non-hydrogen) atoms. The van der Waals surface area contributed by atoms with Crippen LogP contribution in [0.15, 0.2) is 60.7 Å². The van der Waals surface area contributed by atoms with Gasteiger partial charge < -0.3 is 25.5 Å². The normalized spacial score (nSPS) is 29.2. The minimum Gasteiger partial charge on any atom is -0.385 e. The number of fused-ring (bicyclic) bond motifs is 6. The molecular weight excluding hydrogens is 1060 g/mol. The van der Waals surface area contributed by atoms with Crippen molar-refractivity contribution in [1.82, 2.24) is 20.4 Å². The topological polar surface area (TPSA) is 204 Å². The summed E-state index contributed by atoms with van der Waals surface area (Å²) in [6.45, 7) is 14.7. The van der Waals surface area contributed by atoms with Gasteiger partial charge in [-0.05, 0) is 77.2 Å². The maximum atomic E-state index is 14.0. The molecule has 4 saturated heterocycles. The maximum Gasteiger partial charge on any atom is 0.226 e. The molecule has 2 aromatic carbocycles. The Hall–Kier alpha value is -5.37. The Bertz CT molecular complexity index is 2560. The number of Topliss-reactive ketones (excluding diaryl/α,β-unsaturated/α-hetero) is 5. The number of aliphatic hydroxyl groups is 1. The molecule has 4 amide bonds. The third-order valence-corrected chi connectivity index (χ3v) is 20.6. The molecule has 4 aliphatic heterocycles. The van der Waals surface area contributed by atoms with Gasteiger partial charge in [0.15, 0.2) is 23.1 Å². The van der Waals surface area contributed by atoms with E-state index in [9.17, 15) is 48.3 Å². The van der Waals surface area contributed by atoms with Gasteiger partial charge in [-0.2, -0.15) is 0 Å². The lowest BCUT2D eigenvalue weighted by Gasteiger charge is -2.33.